The molecule has 1 atom stereocenters. The second kappa shape index (κ2) is 10.0. The highest BCUT2D eigenvalue weighted by molar-refractivity contribution is 5.34. The average Bonchev–Trinajstić information content (AvgIpc) is 2.82. The summed E-state index contributed by atoms with van der Waals surface area (Å²) in [6.45, 7) is 7.47. The van der Waals surface area contributed by atoms with E-state index in [0.717, 1.165) is 36.6 Å². The third-order valence-electron chi connectivity index (χ3n) is 8.79. The van der Waals surface area contributed by atoms with Crippen LogP contribution in [0.2, 0.25) is 0 Å². The molecule has 0 amide bonds. The lowest BCUT2D eigenvalue weighted by Crippen LogP contribution is -3.03. The Morgan fingerprint density at radius 3 is 2.18 bits per heavy atom. The van der Waals surface area contributed by atoms with Crippen LogP contribution in [0.15, 0.2) is 54.6 Å². The van der Waals surface area contributed by atoms with Gasteiger partial charge in [-0.15, -0.1) is 0 Å². The molecule has 0 radical (unpaired) electrons. The summed E-state index contributed by atoms with van der Waals surface area (Å²) >= 11 is 0. The predicted molar refractivity (Wildman–Crippen MR) is 136 cm³/mol. The van der Waals surface area contributed by atoms with Gasteiger partial charge in [-0.1, -0.05) is 42.5 Å². The number of aliphatic hydroxyl groups excluding tert-OH is 1. The van der Waals surface area contributed by atoms with Crippen molar-refractivity contribution in [3.05, 3.63) is 65.7 Å². The molecule has 0 aliphatic heterocycles. The summed E-state index contributed by atoms with van der Waals surface area (Å²) in [4.78, 5) is 0. The lowest BCUT2D eigenvalue weighted by atomic mass is 9.48. The summed E-state index contributed by atoms with van der Waals surface area (Å²) in [6, 6.07) is 19.5. The Kier molecular flexibility index (Phi) is 7.02. The van der Waals surface area contributed by atoms with Crippen LogP contribution in [0.25, 0.3) is 0 Å². The molecule has 4 aliphatic carbocycles. The van der Waals surface area contributed by atoms with Gasteiger partial charge in [0.15, 0.2) is 0 Å². The van der Waals surface area contributed by atoms with Crippen LogP contribution in [-0.2, 0) is 12.0 Å². The third-order valence-corrected chi connectivity index (χ3v) is 8.79. The minimum absolute atomic E-state index is 0.115. The van der Waals surface area contributed by atoms with E-state index in [-0.39, 0.29) is 5.54 Å². The summed E-state index contributed by atoms with van der Waals surface area (Å²) in [5.41, 5.74) is 3.43. The monoisotopic (exact) mass is 464 g/mol. The van der Waals surface area contributed by atoms with Crippen molar-refractivity contribution in [3.63, 3.8) is 0 Å². The Bertz CT molecular complexity index is 889. The van der Waals surface area contributed by atoms with Gasteiger partial charge in [0.1, 0.15) is 43.6 Å². The van der Waals surface area contributed by atoms with Gasteiger partial charge in [-0.25, -0.2) is 0 Å². The maximum Gasteiger partial charge on any atom is 0.140 e. The van der Waals surface area contributed by atoms with E-state index in [9.17, 15) is 5.11 Å². The molecule has 184 valence electrons. The molecule has 4 fully saturated rings. The standard InChI is InChI=1S/C30H42N2O2/c1-29(2,32-18-22-6-4-3-5-7-22)21-31-19-27(33)20-34-28-10-8-26(9-11-28)30-15-23-12-24(16-30)14-25(13-23)17-30/h3-11,23-25,27,31-33H,12-21H2,1-2H3/p+2/t23?,24?,25?,27-,30?/m1/s1. The quantitative estimate of drug-likeness (QED) is 0.479. The van der Waals surface area contributed by atoms with Gasteiger partial charge < -0.3 is 20.5 Å². The fourth-order valence-corrected chi connectivity index (χ4v) is 7.37. The maximum atomic E-state index is 10.5. The number of rotatable bonds is 11. The summed E-state index contributed by atoms with van der Waals surface area (Å²) in [6.07, 6.45) is 8.17. The lowest BCUT2D eigenvalue weighted by Gasteiger charge is -2.57. The highest BCUT2D eigenvalue weighted by Gasteiger charge is 2.51. The van der Waals surface area contributed by atoms with Gasteiger partial charge in [0.2, 0.25) is 0 Å². The van der Waals surface area contributed by atoms with E-state index in [1.54, 1.807) is 0 Å². The van der Waals surface area contributed by atoms with Gasteiger partial charge in [0, 0.05) is 5.56 Å². The summed E-state index contributed by atoms with van der Waals surface area (Å²) < 4.78 is 5.95. The van der Waals surface area contributed by atoms with E-state index in [1.807, 2.05) is 0 Å². The number of aliphatic hydroxyl groups is 1. The maximum absolute atomic E-state index is 10.5. The molecule has 4 heteroatoms. The first kappa shape index (κ1) is 23.8. The van der Waals surface area contributed by atoms with Crippen molar-refractivity contribution in [1.29, 1.82) is 0 Å². The highest BCUT2D eigenvalue weighted by atomic mass is 16.5. The molecule has 0 aromatic heterocycles. The topological polar surface area (TPSA) is 62.7 Å². The first-order valence-electron chi connectivity index (χ1n) is 13.5. The molecule has 0 unspecified atom stereocenters. The Morgan fingerprint density at radius 2 is 1.56 bits per heavy atom. The number of hydrogen-bond acceptors (Lipinski definition) is 2. The van der Waals surface area contributed by atoms with Gasteiger partial charge in [-0.05, 0) is 93.2 Å². The first-order valence-corrected chi connectivity index (χ1v) is 13.5. The van der Waals surface area contributed by atoms with Crippen LogP contribution in [0.3, 0.4) is 0 Å². The second-order valence-electron chi connectivity index (χ2n) is 12.3. The van der Waals surface area contributed by atoms with E-state index in [0.29, 0.717) is 18.6 Å². The summed E-state index contributed by atoms with van der Waals surface area (Å²) in [7, 11) is 0. The van der Waals surface area contributed by atoms with Crippen molar-refractivity contribution >= 4 is 0 Å². The molecule has 5 N–H and O–H groups in total. The minimum Gasteiger partial charge on any atom is -0.491 e. The molecule has 0 saturated heterocycles. The fourth-order valence-electron chi connectivity index (χ4n) is 7.37. The molecule has 4 aliphatic rings. The molecule has 2 aromatic rings. The smallest absolute Gasteiger partial charge is 0.140 e. The van der Waals surface area contributed by atoms with E-state index < -0.39 is 6.10 Å². The molecule has 0 heterocycles. The molecule has 4 saturated carbocycles. The lowest BCUT2D eigenvalue weighted by molar-refractivity contribution is -0.786. The van der Waals surface area contributed by atoms with Crippen molar-refractivity contribution in [2.75, 3.05) is 19.7 Å². The number of nitrogens with two attached hydrogens (primary N) is 2. The molecule has 2 aromatic carbocycles. The second-order valence-corrected chi connectivity index (χ2v) is 12.3. The van der Waals surface area contributed by atoms with Gasteiger partial charge in [-0.2, -0.15) is 0 Å². The Hall–Kier alpha value is -1.88. The SMILES string of the molecule is CC(C)(C[NH2+]C[C@@H](O)COc1ccc(C23CC4CC(CC(C4)C2)C3)cc1)[NH2+]Cc1ccccc1. The number of hydrogen-bond donors (Lipinski definition) is 3. The van der Waals surface area contributed by atoms with Gasteiger partial charge >= 0.3 is 0 Å². The van der Waals surface area contributed by atoms with Crippen LogP contribution < -0.4 is 15.4 Å². The molecule has 34 heavy (non-hydrogen) atoms. The third kappa shape index (κ3) is 5.67. The Balaban J connectivity index is 1.04. The van der Waals surface area contributed by atoms with Crippen molar-refractivity contribution in [3.8, 4) is 5.75 Å². The van der Waals surface area contributed by atoms with Crippen molar-refractivity contribution in [2.45, 2.75) is 76.0 Å². The van der Waals surface area contributed by atoms with Gasteiger partial charge in [0.25, 0.3) is 0 Å². The van der Waals surface area contributed by atoms with Crippen LogP contribution >= 0.6 is 0 Å². The zero-order valence-electron chi connectivity index (χ0n) is 21.1. The number of quaternary nitrogens is 2. The van der Waals surface area contributed by atoms with E-state index in [1.165, 1.54) is 49.7 Å². The highest BCUT2D eigenvalue weighted by Crippen LogP contribution is 2.60. The van der Waals surface area contributed by atoms with Crippen molar-refractivity contribution < 1.29 is 20.5 Å². The van der Waals surface area contributed by atoms with E-state index in [4.69, 9.17) is 4.74 Å². The summed E-state index contributed by atoms with van der Waals surface area (Å²) in [5.74, 6) is 3.78. The molecule has 4 nitrogen and oxygen atoms in total. The zero-order chi connectivity index (χ0) is 23.6. The van der Waals surface area contributed by atoms with Crippen LogP contribution in [0.5, 0.6) is 5.75 Å². The van der Waals surface area contributed by atoms with Crippen molar-refractivity contribution in [2.24, 2.45) is 17.8 Å². The van der Waals surface area contributed by atoms with E-state index in [2.05, 4.69) is 79.1 Å². The van der Waals surface area contributed by atoms with Crippen LogP contribution in [-0.4, -0.2) is 36.4 Å². The summed E-state index contributed by atoms with van der Waals surface area (Å²) in [5, 5.41) is 15.1. The average molecular weight is 465 g/mol. The van der Waals surface area contributed by atoms with Crippen LogP contribution in [0, 0.1) is 17.8 Å². The first-order chi connectivity index (χ1) is 16.4. The van der Waals surface area contributed by atoms with Crippen molar-refractivity contribution in [1.82, 2.24) is 0 Å². The minimum atomic E-state index is -0.465. The predicted octanol–water partition coefficient (Wildman–Crippen LogP) is 3.00. The zero-order valence-corrected chi connectivity index (χ0v) is 21.1. The number of ether oxygens (including phenoxy) is 1. The molecular formula is C30H44N2O2+2. The molecular weight excluding hydrogens is 420 g/mol. The normalized spacial score (nSPS) is 28.7. The number of benzene rings is 2. The Morgan fingerprint density at radius 1 is 0.941 bits per heavy atom. The van der Waals surface area contributed by atoms with Gasteiger partial charge in [-0.3, -0.25) is 0 Å². The van der Waals surface area contributed by atoms with E-state index >= 15 is 0 Å². The Labute approximate surface area is 205 Å². The van der Waals surface area contributed by atoms with Crippen LogP contribution in [0.4, 0.5) is 0 Å². The fraction of sp³-hybridized carbons (Fsp3) is 0.600. The largest absolute Gasteiger partial charge is 0.491 e. The van der Waals surface area contributed by atoms with Crippen LogP contribution in [0.1, 0.15) is 63.5 Å². The molecule has 6 rings (SSSR count). The van der Waals surface area contributed by atoms with Gasteiger partial charge in [0.05, 0.1) is 0 Å². The molecule has 4 bridgehead atoms. The molecule has 0 spiro atoms.